The Balaban J connectivity index is 1.64. The first-order chi connectivity index (χ1) is 23.3. The summed E-state index contributed by atoms with van der Waals surface area (Å²) in [4.78, 5) is 36.6. The Morgan fingerprint density at radius 1 is 1.04 bits per heavy atom. The summed E-state index contributed by atoms with van der Waals surface area (Å²) in [6, 6.07) is 13.2. The van der Waals surface area contributed by atoms with Gasteiger partial charge < -0.3 is 19.3 Å². The first-order valence-electron chi connectivity index (χ1n) is 16.3. The number of sulfonamides is 1. The number of fused-ring (bicyclic) bond motifs is 4. The first-order valence-corrected chi connectivity index (χ1v) is 17.8. The largest absolute Gasteiger partial charge is 0.475 e. The molecule has 0 unspecified atom stereocenters. The number of nitrogens with one attached hydrogen (secondary N) is 1. The molecule has 1 amide bonds. The number of aromatic nitrogens is 4. The lowest BCUT2D eigenvalue weighted by Crippen LogP contribution is -2.45. The Kier molecular flexibility index (Phi) is 10.8. The molecule has 1 N–H and O–H groups in total. The summed E-state index contributed by atoms with van der Waals surface area (Å²) in [7, 11) is -2.53. The van der Waals surface area contributed by atoms with E-state index in [0.29, 0.717) is 43.3 Å². The van der Waals surface area contributed by atoms with Crippen molar-refractivity contribution in [3.63, 3.8) is 0 Å². The highest BCUT2D eigenvalue weighted by Crippen LogP contribution is 2.32. The van der Waals surface area contributed by atoms with Crippen molar-refractivity contribution in [2.45, 2.75) is 65.4 Å². The predicted molar refractivity (Wildman–Crippen MR) is 189 cm³/mol. The number of amides is 1. The average Bonchev–Trinajstić information content (AvgIpc) is 3.05. The molecule has 4 aromatic rings. The molecule has 0 saturated heterocycles. The Morgan fingerprint density at radius 3 is 2.47 bits per heavy atom. The van der Waals surface area contributed by atoms with E-state index in [9.17, 15) is 13.2 Å². The lowest BCUT2D eigenvalue weighted by atomic mass is 9.87. The fourth-order valence-corrected chi connectivity index (χ4v) is 6.97. The lowest BCUT2D eigenvalue weighted by molar-refractivity contribution is 0.0509. The maximum Gasteiger partial charge on any atom is 0.264 e. The van der Waals surface area contributed by atoms with Gasteiger partial charge in [-0.25, -0.2) is 23.1 Å². The number of hydrogen-bond donors (Lipinski definition) is 1. The zero-order chi connectivity index (χ0) is 35.3. The molecule has 2 aromatic carbocycles. The number of aryl methyl sites for hydroxylation is 2. The van der Waals surface area contributed by atoms with E-state index >= 15 is 0 Å². The van der Waals surface area contributed by atoms with Gasteiger partial charge in [0.1, 0.15) is 12.4 Å². The molecule has 12 nitrogen and oxygen atoms in total. The van der Waals surface area contributed by atoms with Crippen molar-refractivity contribution < 1.29 is 22.7 Å². The average molecular weight is 688 g/mol. The molecule has 4 bridgehead atoms. The Labute approximate surface area is 289 Å². The van der Waals surface area contributed by atoms with E-state index in [0.717, 1.165) is 16.7 Å². The fraction of sp³-hybridized carbons (Fsp3) is 0.417. The second kappa shape index (κ2) is 14.9. The zero-order valence-electron chi connectivity index (χ0n) is 29.2. The van der Waals surface area contributed by atoms with Gasteiger partial charge in [-0.05, 0) is 61.9 Å². The van der Waals surface area contributed by atoms with Crippen LogP contribution in [0.3, 0.4) is 0 Å². The second-order valence-corrected chi connectivity index (χ2v) is 15.1. The van der Waals surface area contributed by atoms with E-state index in [1.54, 1.807) is 42.6 Å². The highest BCUT2D eigenvalue weighted by atomic mass is 32.2. The molecule has 0 fully saturated rings. The topological polar surface area (TPSA) is 140 Å². The predicted octanol–water partition coefficient (Wildman–Crippen LogP) is 5.66. The van der Waals surface area contributed by atoms with Crippen molar-refractivity contribution in [1.82, 2.24) is 24.8 Å². The van der Waals surface area contributed by atoms with E-state index in [4.69, 9.17) is 14.5 Å². The SMILES string of the molecule is CCN(CCOC)c1cncc(CN2C(=O)c3cccc(c3)S(=O)(=O)Nc3nc(cc(-c4c(C)cccc4C)n3)OC[C@H]2CC(C)(C)C)n1. The zero-order valence-corrected chi connectivity index (χ0v) is 30.0. The number of carbonyl (C=O) groups is 1. The number of ether oxygens (including phenoxy) is 2. The van der Waals surface area contributed by atoms with Gasteiger partial charge in [0.15, 0.2) is 0 Å². The van der Waals surface area contributed by atoms with Crippen molar-refractivity contribution in [2.75, 3.05) is 43.0 Å². The van der Waals surface area contributed by atoms with Gasteiger partial charge in [0.25, 0.3) is 15.9 Å². The van der Waals surface area contributed by atoms with Gasteiger partial charge in [-0.2, -0.15) is 4.98 Å². The first kappa shape index (κ1) is 35.7. The molecule has 0 spiro atoms. The van der Waals surface area contributed by atoms with Gasteiger partial charge in [0.2, 0.25) is 11.8 Å². The van der Waals surface area contributed by atoms with Crippen LogP contribution in [-0.2, 0) is 21.3 Å². The number of likely N-dealkylation sites (N-methyl/N-ethyl adjacent to an activating group) is 1. The summed E-state index contributed by atoms with van der Waals surface area (Å²) >= 11 is 0. The Morgan fingerprint density at radius 2 is 1.78 bits per heavy atom. The van der Waals surface area contributed by atoms with Crippen molar-refractivity contribution in [3.05, 3.63) is 83.3 Å². The van der Waals surface area contributed by atoms with E-state index < -0.39 is 16.1 Å². The van der Waals surface area contributed by atoms with Crippen LogP contribution in [0.4, 0.5) is 11.8 Å². The van der Waals surface area contributed by atoms with Gasteiger partial charge in [-0.3, -0.25) is 9.78 Å². The molecule has 3 heterocycles. The molecule has 49 heavy (non-hydrogen) atoms. The minimum absolute atomic E-state index is 0.0835. The number of methoxy groups -OCH3 is 1. The third kappa shape index (κ3) is 8.70. The third-order valence-corrected chi connectivity index (χ3v) is 9.63. The van der Waals surface area contributed by atoms with Crippen LogP contribution in [0.15, 0.2) is 65.8 Å². The normalized spacial score (nSPS) is 16.1. The van der Waals surface area contributed by atoms with Crippen LogP contribution in [0.2, 0.25) is 0 Å². The van der Waals surface area contributed by atoms with Crippen LogP contribution in [-0.4, -0.2) is 78.6 Å². The number of carbonyl (C=O) groups excluding carboxylic acids is 1. The van der Waals surface area contributed by atoms with Crippen LogP contribution >= 0.6 is 0 Å². The van der Waals surface area contributed by atoms with E-state index in [-0.39, 0.29) is 46.8 Å². The van der Waals surface area contributed by atoms with E-state index in [1.807, 2.05) is 39.0 Å². The van der Waals surface area contributed by atoms with E-state index in [2.05, 4.69) is 45.3 Å². The van der Waals surface area contributed by atoms with Gasteiger partial charge in [0.05, 0.1) is 47.9 Å². The third-order valence-electron chi connectivity index (χ3n) is 8.31. The number of benzene rings is 2. The van der Waals surface area contributed by atoms with Gasteiger partial charge >= 0.3 is 0 Å². The maximum atomic E-state index is 14.5. The number of hydrogen-bond acceptors (Lipinski definition) is 10. The lowest BCUT2D eigenvalue weighted by Gasteiger charge is -2.35. The number of anilines is 2. The molecule has 1 atom stereocenters. The minimum atomic E-state index is -4.19. The number of nitrogens with zero attached hydrogens (tertiary/aromatic N) is 6. The molecule has 5 rings (SSSR count). The quantitative estimate of drug-likeness (QED) is 0.234. The molecule has 0 saturated carbocycles. The summed E-state index contributed by atoms with van der Waals surface area (Å²) < 4.78 is 41.6. The van der Waals surface area contributed by atoms with Crippen LogP contribution in [0.25, 0.3) is 11.3 Å². The van der Waals surface area contributed by atoms with Crippen molar-refractivity contribution in [3.8, 4) is 17.1 Å². The van der Waals surface area contributed by atoms with Gasteiger partial charge in [0, 0.05) is 37.4 Å². The summed E-state index contributed by atoms with van der Waals surface area (Å²) in [6.45, 7) is 14.3. The molecule has 260 valence electrons. The van der Waals surface area contributed by atoms with Crippen molar-refractivity contribution in [2.24, 2.45) is 5.41 Å². The monoisotopic (exact) mass is 687 g/mol. The molecule has 1 aliphatic heterocycles. The molecule has 2 aromatic heterocycles. The Hall–Kier alpha value is -4.62. The fourth-order valence-electron chi connectivity index (χ4n) is 5.98. The van der Waals surface area contributed by atoms with Gasteiger partial charge in [-0.15, -0.1) is 0 Å². The van der Waals surface area contributed by atoms with E-state index in [1.165, 1.54) is 12.1 Å². The van der Waals surface area contributed by atoms with Crippen molar-refractivity contribution >= 4 is 27.7 Å². The van der Waals surface area contributed by atoms with Crippen LogP contribution in [0.5, 0.6) is 5.88 Å². The molecule has 0 radical (unpaired) electrons. The summed E-state index contributed by atoms with van der Waals surface area (Å²) in [6.07, 6.45) is 3.91. The molecule has 13 heteroatoms. The van der Waals surface area contributed by atoms with Gasteiger partial charge in [-0.1, -0.05) is 45.0 Å². The summed E-state index contributed by atoms with van der Waals surface area (Å²) in [5.74, 6) is 0.366. The maximum absolute atomic E-state index is 14.5. The molecular formula is C36H45N7O5S. The highest BCUT2D eigenvalue weighted by Gasteiger charge is 2.32. The Bertz CT molecular complexity index is 1890. The molecule has 1 aliphatic rings. The van der Waals surface area contributed by atoms with Crippen LogP contribution in [0.1, 0.15) is 61.3 Å². The van der Waals surface area contributed by atoms with Crippen LogP contribution in [0, 0.1) is 19.3 Å². The summed E-state index contributed by atoms with van der Waals surface area (Å²) in [5, 5.41) is 0. The molecule has 0 aliphatic carbocycles. The number of rotatable bonds is 9. The summed E-state index contributed by atoms with van der Waals surface area (Å²) in [5.41, 5.74) is 3.90. The second-order valence-electron chi connectivity index (χ2n) is 13.4. The molecular weight excluding hydrogens is 643 g/mol. The smallest absolute Gasteiger partial charge is 0.264 e. The standard InChI is InChI=1S/C36H45N7O5S/c1-8-42(15-16-47-7)31-21-37-20-27(38-31)22-43-28(19-36(4,5)6)23-48-32-18-30(33-24(2)11-9-12-25(33)3)39-35(40-32)41-49(45,46)29-14-10-13-26(17-29)34(43)44/h9-14,17-18,20-21,28H,8,15-16,19,22-23H2,1-7H3,(H,39,40,41)/t28-/m1/s1. The minimum Gasteiger partial charge on any atom is -0.475 e. The van der Waals surface area contributed by atoms with Crippen LogP contribution < -0.4 is 14.4 Å². The highest BCUT2D eigenvalue weighted by molar-refractivity contribution is 7.92. The van der Waals surface area contributed by atoms with Crippen molar-refractivity contribution in [1.29, 1.82) is 0 Å².